The van der Waals surface area contributed by atoms with E-state index in [1.54, 1.807) is 4.57 Å². The zero-order valence-corrected chi connectivity index (χ0v) is 16.6. The van der Waals surface area contributed by atoms with Crippen molar-refractivity contribution in [2.45, 2.75) is 5.16 Å². The van der Waals surface area contributed by atoms with Gasteiger partial charge < -0.3 is 0 Å². The van der Waals surface area contributed by atoms with Crippen molar-refractivity contribution in [3.05, 3.63) is 95.3 Å². The summed E-state index contributed by atoms with van der Waals surface area (Å²) in [6.45, 7) is 0. The second-order valence-electron chi connectivity index (χ2n) is 6.65. The molecule has 0 spiro atoms. The van der Waals surface area contributed by atoms with Crippen molar-refractivity contribution in [2.24, 2.45) is 0 Å². The van der Waals surface area contributed by atoms with Crippen LogP contribution in [0.2, 0.25) is 0 Å². The molecule has 5 heteroatoms. The number of aromatic nitrogens is 3. The molecule has 5 aromatic rings. The molecule has 0 aliphatic rings. The van der Waals surface area contributed by atoms with Crippen LogP contribution in [0.4, 0.5) is 0 Å². The van der Waals surface area contributed by atoms with E-state index in [4.69, 9.17) is 9.97 Å². The third-order valence-electron chi connectivity index (χ3n) is 4.96. The van der Waals surface area contributed by atoms with Crippen LogP contribution in [0.25, 0.3) is 38.8 Å². The Kier molecular flexibility index (Phi) is 4.37. The van der Waals surface area contributed by atoms with Crippen LogP contribution in [-0.2, 0) is 0 Å². The van der Waals surface area contributed by atoms with Gasteiger partial charge in [-0.3, -0.25) is 9.36 Å². The summed E-state index contributed by atoms with van der Waals surface area (Å²) in [5.74, 6) is 0. The average Bonchev–Trinajstić information content (AvgIpc) is 2.80. The summed E-state index contributed by atoms with van der Waals surface area (Å²) in [5, 5.41) is 3.04. The van der Waals surface area contributed by atoms with Crippen molar-refractivity contribution in [2.75, 3.05) is 6.26 Å². The monoisotopic (exact) mass is 395 g/mol. The summed E-state index contributed by atoms with van der Waals surface area (Å²) in [4.78, 5) is 23.1. The number of pyridine rings is 1. The molecule has 0 bridgehead atoms. The fourth-order valence-electron chi connectivity index (χ4n) is 3.66. The maximum Gasteiger partial charge on any atom is 0.264 e. The van der Waals surface area contributed by atoms with Crippen LogP contribution in [0.15, 0.2) is 94.9 Å². The molecule has 0 amide bonds. The summed E-state index contributed by atoms with van der Waals surface area (Å²) in [7, 11) is 0. The minimum atomic E-state index is -0.0796. The Morgan fingerprint density at radius 1 is 0.759 bits per heavy atom. The Morgan fingerprint density at radius 2 is 1.38 bits per heavy atom. The van der Waals surface area contributed by atoms with Crippen LogP contribution >= 0.6 is 11.8 Å². The van der Waals surface area contributed by atoms with Crippen molar-refractivity contribution in [3.63, 3.8) is 0 Å². The third-order valence-corrected chi connectivity index (χ3v) is 5.50. The second kappa shape index (κ2) is 7.18. The Morgan fingerprint density at radius 3 is 2.07 bits per heavy atom. The summed E-state index contributed by atoms with van der Waals surface area (Å²) >= 11 is 1.47. The molecule has 140 valence electrons. The van der Waals surface area contributed by atoms with Gasteiger partial charge in [0.25, 0.3) is 5.56 Å². The van der Waals surface area contributed by atoms with Gasteiger partial charge in [0, 0.05) is 16.3 Å². The van der Waals surface area contributed by atoms with Crippen molar-refractivity contribution in [1.29, 1.82) is 0 Å². The predicted molar refractivity (Wildman–Crippen MR) is 120 cm³/mol. The maximum absolute atomic E-state index is 13.5. The molecule has 0 atom stereocenters. The molecule has 0 N–H and O–H groups in total. The number of para-hydroxylation sites is 1. The molecule has 0 aliphatic heterocycles. The van der Waals surface area contributed by atoms with Crippen LogP contribution in [-0.4, -0.2) is 20.8 Å². The van der Waals surface area contributed by atoms with Gasteiger partial charge in [-0.05, 0) is 24.5 Å². The smallest absolute Gasteiger partial charge is 0.264 e. The van der Waals surface area contributed by atoms with Gasteiger partial charge in [-0.1, -0.05) is 78.5 Å². The Balaban J connectivity index is 2.06. The van der Waals surface area contributed by atoms with Gasteiger partial charge >= 0.3 is 0 Å². The zero-order chi connectivity index (χ0) is 19.8. The average molecular weight is 395 g/mol. The van der Waals surface area contributed by atoms with Gasteiger partial charge in [0.2, 0.25) is 0 Å². The van der Waals surface area contributed by atoms with E-state index in [0.717, 1.165) is 27.7 Å². The highest BCUT2D eigenvalue weighted by Crippen LogP contribution is 2.33. The fourth-order valence-corrected chi connectivity index (χ4v) is 4.02. The minimum Gasteiger partial charge on any atom is -0.268 e. The van der Waals surface area contributed by atoms with Gasteiger partial charge in [0.1, 0.15) is 0 Å². The molecule has 0 unspecified atom stereocenters. The van der Waals surface area contributed by atoms with Crippen molar-refractivity contribution >= 4 is 33.6 Å². The summed E-state index contributed by atoms with van der Waals surface area (Å²) in [6.07, 6.45) is 1.95. The van der Waals surface area contributed by atoms with E-state index in [0.29, 0.717) is 16.2 Å². The van der Waals surface area contributed by atoms with Gasteiger partial charge in [0.05, 0.1) is 16.8 Å². The molecule has 0 aliphatic carbocycles. The first-order valence-electron chi connectivity index (χ1n) is 9.28. The number of thioether (sulfide) groups is 1. The summed E-state index contributed by atoms with van der Waals surface area (Å²) in [6, 6.07) is 27.4. The van der Waals surface area contributed by atoms with Crippen LogP contribution in [0.1, 0.15) is 0 Å². The van der Waals surface area contributed by atoms with Crippen LogP contribution < -0.4 is 5.56 Å². The van der Waals surface area contributed by atoms with Crippen LogP contribution in [0.3, 0.4) is 0 Å². The van der Waals surface area contributed by atoms with Crippen molar-refractivity contribution in [1.82, 2.24) is 14.5 Å². The number of benzene rings is 3. The highest BCUT2D eigenvalue weighted by molar-refractivity contribution is 7.98. The van der Waals surface area contributed by atoms with E-state index in [1.165, 1.54) is 11.8 Å². The molecule has 5 rings (SSSR count). The normalized spacial score (nSPS) is 11.2. The first-order valence-corrected chi connectivity index (χ1v) is 10.5. The third kappa shape index (κ3) is 2.91. The topological polar surface area (TPSA) is 47.8 Å². The minimum absolute atomic E-state index is 0.0796. The SMILES string of the molecule is CSc1nc(-c2ccccc2)c2c3ccccc3c(=O)n(-c3ccccc3)c2n1. The van der Waals surface area contributed by atoms with Crippen molar-refractivity contribution < 1.29 is 0 Å². The molecule has 4 nitrogen and oxygen atoms in total. The molecular formula is C24H17N3OS. The zero-order valence-electron chi connectivity index (χ0n) is 15.7. The van der Waals surface area contributed by atoms with Crippen LogP contribution in [0.5, 0.6) is 0 Å². The molecule has 3 aromatic carbocycles. The highest BCUT2D eigenvalue weighted by atomic mass is 32.2. The van der Waals surface area contributed by atoms with Gasteiger partial charge in [-0.2, -0.15) is 0 Å². The van der Waals surface area contributed by atoms with E-state index < -0.39 is 0 Å². The fraction of sp³-hybridized carbons (Fsp3) is 0.0417. The molecule has 2 aromatic heterocycles. The van der Waals surface area contributed by atoms with Gasteiger partial charge in [0.15, 0.2) is 10.8 Å². The molecule has 0 radical (unpaired) electrons. The number of hydrogen-bond donors (Lipinski definition) is 0. The molecule has 0 saturated heterocycles. The lowest BCUT2D eigenvalue weighted by molar-refractivity contribution is 0.949. The molecule has 0 fully saturated rings. The highest BCUT2D eigenvalue weighted by Gasteiger charge is 2.19. The summed E-state index contributed by atoms with van der Waals surface area (Å²) in [5.41, 5.74) is 3.17. The molecular weight excluding hydrogens is 378 g/mol. The van der Waals surface area contributed by atoms with E-state index in [-0.39, 0.29) is 5.56 Å². The first-order chi connectivity index (χ1) is 14.3. The quantitative estimate of drug-likeness (QED) is 0.236. The largest absolute Gasteiger partial charge is 0.268 e. The lowest BCUT2D eigenvalue weighted by Gasteiger charge is -2.16. The number of hydrogen-bond acceptors (Lipinski definition) is 4. The number of rotatable bonds is 3. The maximum atomic E-state index is 13.5. The second-order valence-corrected chi connectivity index (χ2v) is 7.42. The van der Waals surface area contributed by atoms with Crippen LogP contribution in [0, 0.1) is 0 Å². The Bertz CT molecular complexity index is 1400. The van der Waals surface area contributed by atoms with E-state index in [9.17, 15) is 4.79 Å². The predicted octanol–water partition coefficient (Wildman–Crippen LogP) is 5.32. The molecule has 2 heterocycles. The lowest BCUT2D eigenvalue weighted by atomic mass is 10.0. The van der Waals surface area contributed by atoms with E-state index in [1.807, 2.05) is 91.2 Å². The van der Waals surface area contributed by atoms with Gasteiger partial charge in [-0.25, -0.2) is 9.97 Å². The summed E-state index contributed by atoms with van der Waals surface area (Å²) < 4.78 is 1.70. The number of fused-ring (bicyclic) bond motifs is 3. The standard InChI is InChI=1S/C24H17N3OS/c1-29-24-25-21(16-10-4-2-5-11-16)20-18-14-8-9-15-19(18)23(28)27(22(20)26-24)17-12-6-3-7-13-17/h2-15H,1H3. The van der Waals surface area contributed by atoms with Gasteiger partial charge in [-0.15, -0.1) is 0 Å². The first kappa shape index (κ1) is 17.6. The lowest BCUT2D eigenvalue weighted by Crippen LogP contribution is -2.20. The van der Waals surface area contributed by atoms with E-state index in [2.05, 4.69) is 0 Å². The Labute approximate surface area is 171 Å². The van der Waals surface area contributed by atoms with Crippen molar-refractivity contribution in [3.8, 4) is 16.9 Å². The molecule has 29 heavy (non-hydrogen) atoms. The Hall–Kier alpha value is -3.44. The number of nitrogens with zero attached hydrogens (tertiary/aromatic N) is 3. The molecule has 0 saturated carbocycles. The van der Waals surface area contributed by atoms with E-state index >= 15 is 0 Å².